The largest absolute Gasteiger partial charge is 0.507 e. The number of phenols is 1. The van der Waals surface area contributed by atoms with Crippen molar-refractivity contribution in [2.75, 3.05) is 6.26 Å². The monoisotopic (exact) mass is 250 g/mol. The fourth-order valence-corrected chi connectivity index (χ4v) is 3.36. The summed E-state index contributed by atoms with van der Waals surface area (Å²) in [4.78, 5) is 0. The number of rotatable bonds is 3. The topological polar surface area (TPSA) is 20.2 Å². The first-order chi connectivity index (χ1) is 8.22. The number of hydrogen-bond acceptors (Lipinski definition) is 2. The Labute approximate surface area is 109 Å². The van der Waals surface area contributed by atoms with Gasteiger partial charge in [-0.2, -0.15) is 11.8 Å². The SMILES string of the molecule is CSCc1cc(C)c(O)c(C2CCCCC2)c1. The summed E-state index contributed by atoms with van der Waals surface area (Å²) in [5.74, 6) is 2.17. The van der Waals surface area contributed by atoms with Crippen LogP contribution in [0.3, 0.4) is 0 Å². The van der Waals surface area contributed by atoms with Crippen LogP contribution in [0.15, 0.2) is 12.1 Å². The lowest BCUT2D eigenvalue weighted by atomic mass is 9.82. The maximum atomic E-state index is 10.2. The molecule has 1 saturated carbocycles. The highest BCUT2D eigenvalue weighted by Crippen LogP contribution is 2.39. The minimum Gasteiger partial charge on any atom is -0.507 e. The molecule has 1 aromatic rings. The predicted octanol–water partition coefficient (Wildman–Crippen LogP) is 4.61. The van der Waals surface area contributed by atoms with Gasteiger partial charge in [-0.25, -0.2) is 0 Å². The second-order valence-corrected chi connectivity index (χ2v) is 5.98. The van der Waals surface area contributed by atoms with Gasteiger partial charge in [0.05, 0.1) is 0 Å². The molecule has 1 aliphatic carbocycles. The van der Waals surface area contributed by atoms with E-state index in [2.05, 4.69) is 18.4 Å². The van der Waals surface area contributed by atoms with Crippen molar-refractivity contribution in [2.24, 2.45) is 0 Å². The summed E-state index contributed by atoms with van der Waals surface area (Å²) in [6.45, 7) is 2.02. The maximum absolute atomic E-state index is 10.2. The van der Waals surface area contributed by atoms with E-state index >= 15 is 0 Å². The second-order valence-electron chi connectivity index (χ2n) is 5.12. The van der Waals surface area contributed by atoms with Gasteiger partial charge in [0, 0.05) is 5.75 Å². The lowest BCUT2D eigenvalue weighted by Gasteiger charge is -2.24. The zero-order valence-corrected chi connectivity index (χ0v) is 11.6. The Kier molecular flexibility index (Phi) is 4.38. The van der Waals surface area contributed by atoms with Crippen molar-refractivity contribution in [1.82, 2.24) is 0 Å². The smallest absolute Gasteiger partial charge is 0.121 e. The zero-order chi connectivity index (χ0) is 12.3. The Morgan fingerprint density at radius 2 is 1.94 bits per heavy atom. The molecule has 17 heavy (non-hydrogen) atoms. The fourth-order valence-electron chi connectivity index (χ4n) is 2.86. The third-order valence-corrected chi connectivity index (χ3v) is 4.37. The van der Waals surface area contributed by atoms with Crippen LogP contribution in [0, 0.1) is 6.92 Å². The van der Waals surface area contributed by atoms with E-state index in [-0.39, 0.29) is 0 Å². The first-order valence-corrected chi connectivity index (χ1v) is 7.93. The Bertz CT molecular complexity index is 381. The summed E-state index contributed by atoms with van der Waals surface area (Å²) in [5.41, 5.74) is 3.60. The molecule has 1 aromatic carbocycles. The van der Waals surface area contributed by atoms with E-state index in [1.807, 2.05) is 18.7 Å². The van der Waals surface area contributed by atoms with Crippen LogP contribution in [0.5, 0.6) is 5.75 Å². The van der Waals surface area contributed by atoms with Crippen molar-refractivity contribution >= 4 is 11.8 Å². The molecule has 0 saturated heterocycles. The summed E-state index contributed by atoms with van der Waals surface area (Å²) in [6.07, 6.45) is 8.61. The van der Waals surface area contributed by atoms with Crippen LogP contribution >= 0.6 is 11.8 Å². The van der Waals surface area contributed by atoms with E-state index in [1.54, 1.807) is 0 Å². The molecule has 0 aliphatic heterocycles. The number of phenolic OH excluding ortho intramolecular Hbond substituents is 1. The van der Waals surface area contributed by atoms with Gasteiger partial charge in [0.25, 0.3) is 0 Å². The molecular weight excluding hydrogens is 228 g/mol. The van der Waals surface area contributed by atoms with Crippen molar-refractivity contribution in [3.05, 3.63) is 28.8 Å². The van der Waals surface area contributed by atoms with E-state index in [0.717, 1.165) is 11.3 Å². The average Bonchev–Trinajstić information content (AvgIpc) is 2.35. The Morgan fingerprint density at radius 1 is 1.24 bits per heavy atom. The molecule has 1 aliphatic rings. The quantitative estimate of drug-likeness (QED) is 0.845. The number of hydrogen-bond donors (Lipinski definition) is 1. The molecule has 0 unspecified atom stereocenters. The van der Waals surface area contributed by atoms with Gasteiger partial charge in [0.2, 0.25) is 0 Å². The average molecular weight is 250 g/mol. The lowest BCUT2D eigenvalue weighted by molar-refractivity contribution is 0.412. The number of benzene rings is 1. The summed E-state index contributed by atoms with van der Waals surface area (Å²) >= 11 is 1.84. The molecule has 0 radical (unpaired) electrons. The van der Waals surface area contributed by atoms with Crippen molar-refractivity contribution in [2.45, 2.75) is 50.7 Å². The van der Waals surface area contributed by atoms with Gasteiger partial charge < -0.3 is 5.11 Å². The summed E-state index contributed by atoms with van der Waals surface area (Å²) in [7, 11) is 0. The highest BCUT2D eigenvalue weighted by atomic mass is 32.2. The van der Waals surface area contributed by atoms with Crippen molar-refractivity contribution in [3.8, 4) is 5.75 Å². The summed E-state index contributed by atoms with van der Waals surface area (Å²) in [5, 5.41) is 10.2. The van der Waals surface area contributed by atoms with Crippen molar-refractivity contribution < 1.29 is 5.11 Å². The molecule has 2 heteroatoms. The Hall–Kier alpha value is -0.630. The minimum absolute atomic E-state index is 0.543. The zero-order valence-electron chi connectivity index (χ0n) is 10.8. The van der Waals surface area contributed by atoms with Gasteiger partial charge in [-0.15, -0.1) is 0 Å². The molecule has 1 fully saturated rings. The minimum atomic E-state index is 0.543. The molecule has 94 valence electrons. The molecule has 0 amide bonds. The third-order valence-electron chi connectivity index (χ3n) is 3.75. The molecule has 0 atom stereocenters. The third kappa shape index (κ3) is 2.98. The van der Waals surface area contributed by atoms with Crippen LogP contribution in [0.4, 0.5) is 0 Å². The summed E-state index contributed by atoms with van der Waals surface area (Å²) in [6, 6.07) is 4.35. The summed E-state index contributed by atoms with van der Waals surface area (Å²) < 4.78 is 0. The molecule has 2 rings (SSSR count). The standard InChI is InChI=1S/C15H22OS/c1-11-8-12(10-17-2)9-14(15(11)16)13-6-4-3-5-7-13/h8-9,13,16H,3-7,10H2,1-2H3. The van der Waals surface area contributed by atoms with Crippen molar-refractivity contribution in [1.29, 1.82) is 0 Å². The van der Waals surface area contributed by atoms with Crippen LogP contribution in [-0.2, 0) is 5.75 Å². The molecule has 0 heterocycles. The molecular formula is C15H22OS. The lowest BCUT2D eigenvalue weighted by Crippen LogP contribution is -2.06. The normalized spacial score (nSPS) is 17.3. The fraction of sp³-hybridized carbons (Fsp3) is 0.600. The van der Waals surface area contributed by atoms with E-state index in [1.165, 1.54) is 43.2 Å². The van der Waals surface area contributed by atoms with E-state index in [4.69, 9.17) is 0 Å². The van der Waals surface area contributed by atoms with Crippen LogP contribution in [0.2, 0.25) is 0 Å². The molecule has 1 nitrogen and oxygen atoms in total. The number of aryl methyl sites for hydroxylation is 1. The molecule has 0 bridgehead atoms. The van der Waals surface area contributed by atoms with E-state index in [0.29, 0.717) is 11.7 Å². The van der Waals surface area contributed by atoms with E-state index < -0.39 is 0 Å². The van der Waals surface area contributed by atoms with Gasteiger partial charge in [0.1, 0.15) is 5.75 Å². The molecule has 1 N–H and O–H groups in total. The number of thioether (sulfide) groups is 1. The highest BCUT2D eigenvalue weighted by Gasteiger charge is 2.20. The molecule has 0 aromatic heterocycles. The van der Waals surface area contributed by atoms with Gasteiger partial charge in [-0.3, -0.25) is 0 Å². The van der Waals surface area contributed by atoms with Crippen LogP contribution in [0.25, 0.3) is 0 Å². The second kappa shape index (κ2) is 5.81. The van der Waals surface area contributed by atoms with Crippen LogP contribution < -0.4 is 0 Å². The first-order valence-electron chi connectivity index (χ1n) is 6.53. The number of aromatic hydroxyl groups is 1. The highest BCUT2D eigenvalue weighted by molar-refractivity contribution is 7.97. The van der Waals surface area contributed by atoms with Crippen LogP contribution in [0.1, 0.15) is 54.7 Å². The van der Waals surface area contributed by atoms with E-state index in [9.17, 15) is 5.11 Å². The first kappa shape index (κ1) is 12.8. The molecule has 0 spiro atoms. The van der Waals surface area contributed by atoms with Gasteiger partial charge in [-0.05, 0) is 48.6 Å². The van der Waals surface area contributed by atoms with Crippen LogP contribution in [-0.4, -0.2) is 11.4 Å². The predicted molar refractivity (Wildman–Crippen MR) is 75.9 cm³/mol. The van der Waals surface area contributed by atoms with Gasteiger partial charge >= 0.3 is 0 Å². The Balaban J connectivity index is 2.29. The van der Waals surface area contributed by atoms with Gasteiger partial charge in [-0.1, -0.05) is 31.4 Å². The van der Waals surface area contributed by atoms with Crippen molar-refractivity contribution in [3.63, 3.8) is 0 Å². The Morgan fingerprint density at radius 3 is 2.59 bits per heavy atom. The van der Waals surface area contributed by atoms with Gasteiger partial charge in [0.15, 0.2) is 0 Å². The maximum Gasteiger partial charge on any atom is 0.121 e.